The number of hydrogen-bond donors (Lipinski definition) is 3. The molecule has 1 aromatic carbocycles. The molecule has 2 fully saturated rings. The molecular weight excluding hydrogens is 350 g/mol. The Balaban J connectivity index is 1.36. The minimum atomic E-state index is 0.453. The van der Waals surface area contributed by atoms with Gasteiger partial charge in [-0.3, -0.25) is 10.00 Å². The maximum absolute atomic E-state index is 8.92. The van der Waals surface area contributed by atoms with E-state index < -0.39 is 0 Å². The fourth-order valence-corrected chi connectivity index (χ4v) is 4.97. The van der Waals surface area contributed by atoms with Crippen molar-refractivity contribution in [2.24, 2.45) is 0 Å². The van der Waals surface area contributed by atoms with Gasteiger partial charge in [0.2, 0.25) is 0 Å². The number of aromatic amines is 2. The first-order valence-corrected chi connectivity index (χ1v) is 10.1. The predicted octanol–water partition coefficient (Wildman–Crippen LogP) is 3.58. The Morgan fingerprint density at radius 3 is 2.82 bits per heavy atom. The minimum Gasteiger partial charge on any atom is -0.380 e. The van der Waals surface area contributed by atoms with Crippen molar-refractivity contribution in [1.82, 2.24) is 25.1 Å². The Bertz CT molecular complexity index is 1010. The fourth-order valence-electron chi connectivity index (χ4n) is 4.97. The molecule has 3 atom stereocenters. The van der Waals surface area contributed by atoms with Gasteiger partial charge in [-0.25, -0.2) is 4.98 Å². The minimum absolute atomic E-state index is 0.453. The number of rotatable bonds is 5. The molecule has 3 N–H and O–H groups in total. The third-order valence-corrected chi connectivity index (χ3v) is 6.19. The molecule has 4 heterocycles. The van der Waals surface area contributed by atoms with Gasteiger partial charge in [-0.1, -0.05) is 6.07 Å². The zero-order valence-corrected chi connectivity index (χ0v) is 16.1. The van der Waals surface area contributed by atoms with Crippen LogP contribution in [0.5, 0.6) is 0 Å². The number of fused-ring (bicyclic) bond motifs is 3. The zero-order valence-electron chi connectivity index (χ0n) is 16.1. The molecule has 28 heavy (non-hydrogen) atoms. The van der Waals surface area contributed by atoms with Crippen LogP contribution in [0.2, 0.25) is 0 Å². The number of para-hydroxylation sites is 1. The van der Waals surface area contributed by atoms with Crippen molar-refractivity contribution >= 4 is 16.7 Å². The standard InChI is InChI=1S/C21H25N7/c1-13-10-19(27-26-13)21-24-18-5-2-4-17(20(18)25-21)23-14-11-15-6-7-16(12-14)28(15)9-3-8-22/h2,4-5,10,14-16,23H,3,6-7,9,11-12H2,1H3,(H,24,25)(H,26,27)/t14-,15-,16+. The summed E-state index contributed by atoms with van der Waals surface area (Å²) in [5.74, 6) is 0.792. The quantitative estimate of drug-likeness (QED) is 0.633. The third-order valence-electron chi connectivity index (χ3n) is 6.19. The van der Waals surface area contributed by atoms with Gasteiger partial charge >= 0.3 is 0 Å². The number of benzene rings is 1. The van der Waals surface area contributed by atoms with Crippen LogP contribution in [0.1, 0.15) is 37.8 Å². The highest BCUT2D eigenvalue weighted by atomic mass is 15.2. The monoisotopic (exact) mass is 375 g/mol. The molecule has 2 saturated heterocycles. The smallest absolute Gasteiger partial charge is 0.159 e. The number of nitrogens with zero attached hydrogens (tertiary/aromatic N) is 4. The molecule has 0 radical (unpaired) electrons. The second-order valence-electron chi connectivity index (χ2n) is 8.07. The molecule has 2 bridgehead atoms. The number of aromatic nitrogens is 4. The van der Waals surface area contributed by atoms with E-state index in [0.717, 1.165) is 53.3 Å². The maximum atomic E-state index is 8.92. The summed E-state index contributed by atoms with van der Waals surface area (Å²) >= 11 is 0. The van der Waals surface area contributed by atoms with Crippen LogP contribution in [0.3, 0.4) is 0 Å². The van der Waals surface area contributed by atoms with E-state index in [0.29, 0.717) is 24.5 Å². The van der Waals surface area contributed by atoms with Gasteiger partial charge in [0.05, 0.1) is 17.3 Å². The topological polar surface area (TPSA) is 96.4 Å². The number of H-pyrrole nitrogens is 2. The van der Waals surface area contributed by atoms with Gasteiger partial charge in [-0.05, 0) is 50.8 Å². The summed E-state index contributed by atoms with van der Waals surface area (Å²) < 4.78 is 0. The zero-order chi connectivity index (χ0) is 19.1. The second-order valence-corrected chi connectivity index (χ2v) is 8.07. The van der Waals surface area contributed by atoms with Gasteiger partial charge in [0, 0.05) is 36.8 Å². The van der Waals surface area contributed by atoms with Crippen LogP contribution in [0, 0.1) is 18.3 Å². The summed E-state index contributed by atoms with van der Waals surface area (Å²) in [5.41, 5.74) is 4.94. The lowest BCUT2D eigenvalue weighted by Crippen LogP contribution is -2.47. The van der Waals surface area contributed by atoms with E-state index in [1.807, 2.05) is 13.0 Å². The van der Waals surface area contributed by atoms with Gasteiger partial charge in [-0.15, -0.1) is 0 Å². The predicted molar refractivity (Wildman–Crippen MR) is 109 cm³/mol. The Morgan fingerprint density at radius 2 is 2.11 bits per heavy atom. The van der Waals surface area contributed by atoms with E-state index in [2.05, 4.69) is 49.7 Å². The van der Waals surface area contributed by atoms with E-state index in [1.165, 1.54) is 12.8 Å². The van der Waals surface area contributed by atoms with Crippen molar-refractivity contribution in [2.45, 2.75) is 57.2 Å². The summed E-state index contributed by atoms with van der Waals surface area (Å²) in [7, 11) is 0. The van der Waals surface area contributed by atoms with E-state index in [1.54, 1.807) is 0 Å². The van der Waals surface area contributed by atoms with Crippen LogP contribution in [-0.2, 0) is 0 Å². The number of aryl methyl sites for hydroxylation is 1. The highest BCUT2D eigenvalue weighted by Gasteiger charge is 2.40. The van der Waals surface area contributed by atoms with E-state index in [9.17, 15) is 0 Å². The molecule has 0 saturated carbocycles. The normalized spacial score (nSPS) is 24.5. The molecule has 7 nitrogen and oxygen atoms in total. The number of piperidine rings is 1. The molecular formula is C21H25N7. The number of imidazole rings is 1. The average Bonchev–Trinajstić information content (AvgIpc) is 3.37. The summed E-state index contributed by atoms with van der Waals surface area (Å²) in [6.45, 7) is 2.91. The van der Waals surface area contributed by atoms with Gasteiger partial charge in [0.25, 0.3) is 0 Å². The lowest BCUT2D eigenvalue weighted by molar-refractivity contribution is 0.136. The number of nitrogens with one attached hydrogen (secondary N) is 3. The van der Waals surface area contributed by atoms with Crippen molar-refractivity contribution in [2.75, 3.05) is 11.9 Å². The first kappa shape index (κ1) is 17.3. The maximum Gasteiger partial charge on any atom is 0.159 e. The van der Waals surface area contributed by atoms with Crippen LogP contribution in [0.15, 0.2) is 24.3 Å². The summed E-state index contributed by atoms with van der Waals surface area (Å²) in [6, 6.07) is 12.2. The first-order chi connectivity index (χ1) is 13.7. The van der Waals surface area contributed by atoms with Gasteiger partial charge < -0.3 is 10.3 Å². The number of nitriles is 1. The van der Waals surface area contributed by atoms with Crippen LogP contribution >= 0.6 is 0 Å². The third kappa shape index (κ3) is 3.04. The molecule has 2 aliphatic heterocycles. The molecule has 2 aliphatic rings. The Labute approximate surface area is 164 Å². The van der Waals surface area contributed by atoms with E-state index in [-0.39, 0.29) is 0 Å². The SMILES string of the molecule is Cc1cc(-c2nc3c(N[C@@H]4C[C@H]5CC[C@@H](C4)N5CCC#N)cccc3[nH]2)n[nH]1. The Hall–Kier alpha value is -2.85. The molecule has 0 aliphatic carbocycles. The fraction of sp³-hybridized carbons (Fsp3) is 0.476. The summed E-state index contributed by atoms with van der Waals surface area (Å²) in [6.07, 6.45) is 5.41. The van der Waals surface area contributed by atoms with E-state index >= 15 is 0 Å². The highest BCUT2D eigenvalue weighted by Crippen LogP contribution is 2.37. The highest BCUT2D eigenvalue weighted by molar-refractivity contribution is 5.90. The molecule has 0 spiro atoms. The van der Waals surface area contributed by atoms with Crippen LogP contribution in [0.25, 0.3) is 22.6 Å². The van der Waals surface area contributed by atoms with Crippen molar-refractivity contribution < 1.29 is 0 Å². The van der Waals surface area contributed by atoms with Crippen LogP contribution in [0.4, 0.5) is 5.69 Å². The molecule has 7 heteroatoms. The molecule has 0 amide bonds. The van der Waals surface area contributed by atoms with Crippen molar-refractivity contribution in [3.63, 3.8) is 0 Å². The Morgan fingerprint density at radius 1 is 1.29 bits per heavy atom. The molecule has 144 valence electrons. The number of hydrogen-bond acceptors (Lipinski definition) is 5. The molecule has 3 aromatic rings. The van der Waals surface area contributed by atoms with Crippen LogP contribution < -0.4 is 5.32 Å². The Kier molecular flexibility index (Phi) is 4.29. The lowest BCUT2D eigenvalue weighted by atomic mass is 9.96. The largest absolute Gasteiger partial charge is 0.380 e. The van der Waals surface area contributed by atoms with Crippen molar-refractivity contribution in [3.8, 4) is 17.6 Å². The van der Waals surface area contributed by atoms with E-state index in [4.69, 9.17) is 10.2 Å². The first-order valence-electron chi connectivity index (χ1n) is 10.1. The second kappa shape index (κ2) is 6.95. The molecule has 0 unspecified atom stereocenters. The van der Waals surface area contributed by atoms with Gasteiger partial charge in [0.15, 0.2) is 5.82 Å². The average molecular weight is 375 g/mol. The van der Waals surface area contributed by atoms with Gasteiger partial charge in [-0.2, -0.15) is 10.4 Å². The molecule has 2 aromatic heterocycles. The van der Waals surface area contributed by atoms with Gasteiger partial charge in [0.1, 0.15) is 11.2 Å². The lowest BCUT2D eigenvalue weighted by Gasteiger charge is -2.39. The molecule has 5 rings (SSSR count). The van der Waals surface area contributed by atoms with Crippen molar-refractivity contribution in [3.05, 3.63) is 30.0 Å². The number of anilines is 1. The van der Waals surface area contributed by atoms with Crippen molar-refractivity contribution in [1.29, 1.82) is 5.26 Å². The summed E-state index contributed by atoms with van der Waals surface area (Å²) in [5, 5.41) is 20.0. The summed E-state index contributed by atoms with van der Waals surface area (Å²) in [4.78, 5) is 10.8. The van der Waals surface area contributed by atoms with Crippen LogP contribution in [-0.4, -0.2) is 49.7 Å².